The third kappa shape index (κ3) is 4.21. The minimum Gasteiger partial charge on any atom is -0.456 e. The van der Waals surface area contributed by atoms with E-state index in [1.54, 1.807) is 0 Å². The van der Waals surface area contributed by atoms with Crippen molar-refractivity contribution in [3.8, 4) is 56.4 Å². The molecule has 0 atom stereocenters. The molecule has 2 aromatic heterocycles. The first-order chi connectivity index (χ1) is 26.2. The number of nitrogens with zero attached hydrogens (tertiary/aromatic N) is 3. The van der Waals surface area contributed by atoms with E-state index in [0.29, 0.717) is 17.5 Å². The molecule has 11 aromatic rings. The van der Waals surface area contributed by atoms with Crippen molar-refractivity contribution >= 4 is 65.0 Å². The molecule has 9 aromatic carbocycles. The zero-order chi connectivity index (χ0) is 34.6. The van der Waals surface area contributed by atoms with Gasteiger partial charge in [0.15, 0.2) is 17.5 Å². The highest BCUT2D eigenvalue weighted by Gasteiger charge is 2.25. The first-order valence-corrected chi connectivity index (χ1v) is 17.9. The standard InChI is InChI=1S/C49H27N3O/c1-2-10-32-24-33(22-18-28(32)8-1)47-50-48(34-23-21-30-20-19-29-9-3-4-13-35(29)39(30)25-34)52-49(51-47)38-16-7-17-43-46(38)42-26-40-36-14-5-11-31-12-6-15-37(45(31)36)41(40)27-44(42)53-43/h1-27H. The van der Waals surface area contributed by atoms with E-state index in [1.807, 2.05) is 12.1 Å². The van der Waals surface area contributed by atoms with Crippen LogP contribution < -0.4 is 0 Å². The van der Waals surface area contributed by atoms with Gasteiger partial charge in [0.2, 0.25) is 0 Å². The van der Waals surface area contributed by atoms with Crippen molar-refractivity contribution in [3.63, 3.8) is 0 Å². The van der Waals surface area contributed by atoms with Gasteiger partial charge in [-0.05, 0) is 95.7 Å². The maximum absolute atomic E-state index is 6.63. The van der Waals surface area contributed by atoms with Crippen LogP contribution in [0.4, 0.5) is 0 Å². The van der Waals surface area contributed by atoms with Crippen LogP contribution in [-0.2, 0) is 0 Å². The van der Waals surface area contributed by atoms with Crippen molar-refractivity contribution in [2.24, 2.45) is 0 Å². The molecule has 0 fully saturated rings. The smallest absolute Gasteiger partial charge is 0.164 e. The fourth-order valence-electron chi connectivity index (χ4n) is 8.52. The summed E-state index contributed by atoms with van der Waals surface area (Å²) in [7, 11) is 0. The SMILES string of the molecule is c1ccc2cc(-c3nc(-c4ccc5ccc6ccccc6c5c4)nc(-c4cccc5oc6cc7c(cc6c45)-c4cccc5cccc-7c45)n3)ccc2c1. The number of benzene rings is 9. The van der Waals surface area contributed by atoms with E-state index in [4.69, 9.17) is 19.4 Å². The summed E-state index contributed by atoms with van der Waals surface area (Å²) in [5, 5.41) is 11.7. The van der Waals surface area contributed by atoms with Gasteiger partial charge in [0.05, 0.1) is 0 Å². The Morgan fingerprint density at radius 2 is 0.887 bits per heavy atom. The Morgan fingerprint density at radius 1 is 0.302 bits per heavy atom. The molecule has 0 unspecified atom stereocenters. The van der Waals surface area contributed by atoms with Gasteiger partial charge in [-0.25, -0.2) is 15.0 Å². The van der Waals surface area contributed by atoms with Crippen molar-refractivity contribution in [1.82, 2.24) is 15.0 Å². The monoisotopic (exact) mass is 673 g/mol. The summed E-state index contributed by atoms with van der Waals surface area (Å²) in [6.45, 7) is 0. The quantitative estimate of drug-likeness (QED) is 0.175. The Labute approximate surface area is 303 Å². The first kappa shape index (κ1) is 28.5. The molecule has 0 bridgehead atoms. The van der Waals surface area contributed by atoms with Crippen LogP contribution in [0.1, 0.15) is 0 Å². The van der Waals surface area contributed by atoms with Crippen LogP contribution in [0.15, 0.2) is 168 Å². The van der Waals surface area contributed by atoms with Gasteiger partial charge in [0, 0.05) is 27.5 Å². The molecule has 0 aliphatic heterocycles. The predicted octanol–water partition coefficient (Wildman–Crippen LogP) is 13.0. The summed E-state index contributed by atoms with van der Waals surface area (Å²) in [6.07, 6.45) is 0. The fraction of sp³-hybridized carbons (Fsp3) is 0. The molecule has 0 radical (unpaired) electrons. The molecule has 0 saturated heterocycles. The van der Waals surface area contributed by atoms with E-state index in [9.17, 15) is 0 Å². The van der Waals surface area contributed by atoms with Crippen molar-refractivity contribution in [2.45, 2.75) is 0 Å². The Hall–Kier alpha value is -7.17. The van der Waals surface area contributed by atoms with Gasteiger partial charge < -0.3 is 4.42 Å². The van der Waals surface area contributed by atoms with Gasteiger partial charge in [-0.15, -0.1) is 0 Å². The molecule has 1 aliphatic carbocycles. The van der Waals surface area contributed by atoms with Crippen molar-refractivity contribution in [2.75, 3.05) is 0 Å². The number of hydrogen-bond acceptors (Lipinski definition) is 4. The molecule has 12 rings (SSSR count). The van der Waals surface area contributed by atoms with Crippen LogP contribution in [0.2, 0.25) is 0 Å². The van der Waals surface area contributed by atoms with Crippen LogP contribution in [-0.4, -0.2) is 15.0 Å². The van der Waals surface area contributed by atoms with Crippen molar-refractivity contribution in [3.05, 3.63) is 164 Å². The maximum atomic E-state index is 6.63. The predicted molar refractivity (Wildman–Crippen MR) is 218 cm³/mol. The van der Waals surface area contributed by atoms with Gasteiger partial charge in [-0.1, -0.05) is 133 Å². The number of hydrogen-bond donors (Lipinski definition) is 0. The molecule has 2 heterocycles. The van der Waals surface area contributed by atoms with Crippen LogP contribution in [0, 0.1) is 0 Å². The summed E-state index contributed by atoms with van der Waals surface area (Å²) in [5.74, 6) is 1.86. The zero-order valence-corrected chi connectivity index (χ0v) is 28.3. The maximum Gasteiger partial charge on any atom is 0.164 e. The molecular weight excluding hydrogens is 647 g/mol. The first-order valence-electron chi connectivity index (χ1n) is 17.9. The van der Waals surface area contributed by atoms with Crippen molar-refractivity contribution < 1.29 is 4.42 Å². The topological polar surface area (TPSA) is 51.8 Å². The minimum absolute atomic E-state index is 0.607. The van der Waals surface area contributed by atoms with Crippen LogP contribution in [0.3, 0.4) is 0 Å². The third-order valence-electron chi connectivity index (χ3n) is 11.0. The average molecular weight is 674 g/mol. The fourth-order valence-corrected chi connectivity index (χ4v) is 8.52. The minimum atomic E-state index is 0.607. The van der Waals surface area contributed by atoms with Gasteiger partial charge >= 0.3 is 0 Å². The Balaban J connectivity index is 1.11. The molecule has 4 heteroatoms. The summed E-state index contributed by atoms with van der Waals surface area (Å²) in [4.78, 5) is 15.7. The van der Waals surface area contributed by atoms with E-state index < -0.39 is 0 Å². The summed E-state index contributed by atoms with van der Waals surface area (Å²) >= 11 is 0. The van der Waals surface area contributed by atoms with Crippen LogP contribution in [0.5, 0.6) is 0 Å². The van der Waals surface area contributed by atoms with Crippen LogP contribution >= 0.6 is 0 Å². The van der Waals surface area contributed by atoms with Gasteiger partial charge in [-0.2, -0.15) is 0 Å². The highest BCUT2D eigenvalue weighted by molar-refractivity contribution is 6.20. The molecule has 0 N–H and O–H groups in total. The lowest BCUT2D eigenvalue weighted by Gasteiger charge is -2.11. The molecule has 0 amide bonds. The Bertz CT molecular complexity index is 3350. The third-order valence-corrected chi connectivity index (χ3v) is 11.0. The molecule has 1 aliphatic rings. The molecule has 53 heavy (non-hydrogen) atoms. The number of fused-ring (bicyclic) bond motifs is 10. The lowest BCUT2D eigenvalue weighted by atomic mass is 9.99. The second-order valence-corrected chi connectivity index (χ2v) is 14.0. The lowest BCUT2D eigenvalue weighted by Crippen LogP contribution is -2.00. The summed E-state index contributed by atoms with van der Waals surface area (Å²) < 4.78 is 6.63. The Morgan fingerprint density at radius 3 is 1.70 bits per heavy atom. The van der Waals surface area contributed by atoms with E-state index in [2.05, 4.69) is 152 Å². The molecule has 4 nitrogen and oxygen atoms in total. The number of rotatable bonds is 3. The second kappa shape index (κ2) is 10.7. The Kier molecular flexibility index (Phi) is 5.74. The summed E-state index contributed by atoms with van der Waals surface area (Å²) in [6, 6.07) is 58.0. The molecule has 0 spiro atoms. The highest BCUT2D eigenvalue weighted by Crippen LogP contribution is 2.50. The molecule has 244 valence electrons. The molecular formula is C49H27N3O. The van der Waals surface area contributed by atoms with Crippen LogP contribution in [0.25, 0.3) is 121 Å². The van der Waals surface area contributed by atoms with E-state index in [1.165, 1.54) is 60.0 Å². The highest BCUT2D eigenvalue weighted by atomic mass is 16.3. The molecule has 0 saturated carbocycles. The number of furan rings is 1. The normalized spacial score (nSPS) is 12.2. The number of aromatic nitrogens is 3. The van der Waals surface area contributed by atoms with Gasteiger partial charge in [0.1, 0.15) is 11.2 Å². The average Bonchev–Trinajstić information content (AvgIpc) is 3.75. The van der Waals surface area contributed by atoms with E-state index >= 15 is 0 Å². The zero-order valence-electron chi connectivity index (χ0n) is 28.3. The lowest BCUT2D eigenvalue weighted by molar-refractivity contribution is 0.669. The second-order valence-electron chi connectivity index (χ2n) is 14.0. The summed E-state index contributed by atoms with van der Waals surface area (Å²) in [5.41, 5.74) is 9.37. The van der Waals surface area contributed by atoms with Gasteiger partial charge in [-0.3, -0.25) is 0 Å². The van der Waals surface area contributed by atoms with E-state index in [-0.39, 0.29) is 0 Å². The van der Waals surface area contributed by atoms with E-state index in [0.717, 1.165) is 44.0 Å². The van der Waals surface area contributed by atoms with Crippen molar-refractivity contribution in [1.29, 1.82) is 0 Å². The van der Waals surface area contributed by atoms with Gasteiger partial charge in [0.25, 0.3) is 0 Å². The largest absolute Gasteiger partial charge is 0.456 e.